The zero-order valence-electron chi connectivity index (χ0n) is 10.9. The predicted molar refractivity (Wildman–Crippen MR) is 66.7 cm³/mol. The number of nitrogens with one attached hydrogen (secondary N) is 2. The number of carbonyl (C=O) groups is 1. The quantitative estimate of drug-likeness (QED) is 0.751. The molecule has 0 aromatic heterocycles. The molecule has 1 aliphatic heterocycles. The molecule has 2 atom stereocenters. The molecule has 2 N–H and O–H groups in total. The summed E-state index contributed by atoms with van der Waals surface area (Å²) < 4.78 is 5.27. The topological polar surface area (TPSA) is 50.4 Å². The summed E-state index contributed by atoms with van der Waals surface area (Å²) in [5, 5.41) is 6.51. The maximum Gasteiger partial charge on any atom is 0.228 e. The molecule has 2 fully saturated rings. The van der Waals surface area contributed by atoms with Crippen molar-refractivity contribution < 1.29 is 9.53 Å². The number of ether oxygens (including phenoxy) is 1. The van der Waals surface area contributed by atoms with Gasteiger partial charge in [-0.05, 0) is 38.3 Å². The Labute approximate surface area is 103 Å². The van der Waals surface area contributed by atoms with Gasteiger partial charge < -0.3 is 15.4 Å². The predicted octanol–water partition coefficient (Wildman–Crippen LogP) is 0.917. The van der Waals surface area contributed by atoms with Crippen LogP contribution in [0.4, 0.5) is 0 Å². The van der Waals surface area contributed by atoms with Gasteiger partial charge in [-0.2, -0.15) is 0 Å². The minimum Gasteiger partial charge on any atom is -0.384 e. The molecule has 0 bridgehead atoms. The van der Waals surface area contributed by atoms with E-state index in [-0.39, 0.29) is 11.3 Å². The van der Waals surface area contributed by atoms with Crippen LogP contribution in [0.5, 0.6) is 0 Å². The molecule has 1 aliphatic carbocycles. The minimum absolute atomic E-state index is 0.210. The lowest BCUT2D eigenvalue weighted by Gasteiger charge is -2.35. The highest BCUT2D eigenvalue weighted by molar-refractivity contribution is 5.83. The summed E-state index contributed by atoms with van der Waals surface area (Å²) in [6.45, 7) is 4.56. The fourth-order valence-corrected chi connectivity index (χ4v) is 2.82. The first kappa shape index (κ1) is 12.8. The number of hydrogen-bond donors (Lipinski definition) is 2. The monoisotopic (exact) mass is 240 g/mol. The van der Waals surface area contributed by atoms with Gasteiger partial charge >= 0.3 is 0 Å². The molecule has 2 rings (SSSR count). The van der Waals surface area contributed by atoms with Crippen LogP contribution in [0.1, 0.15) is 32.6 Å². The molecule has 0 spiro atoms. The number of rotatable bonds is 5. The maximum absolute atomic E-state index is 12.4. The summed E-state index contributed by atoms with van der Waals surface area (Å²) in [4.78, 5) is 12.4. The molecule has 0 aromatic carbocycles. The first-order valence-corrected chi connectivity index (χ1v) is 6.72. The standard InChI is InChI=1S/C13H24N2O2/c1-3-10-8-11(10)15-12(16)13(9-17-2)4-6-14-7-5-13/h10-11,14H,3-9H2,1-2H3,(H,15,16). The van der Waals surface area contributed by atoms with E-state index in [2.05, 4.69) is 17.6 Å². The van der Waals surface area contributed by atoms with Crippen LogP contribution >= 0.6 is 0 Å². The first-order valence-electron chi connectivity index (χ1n) is 6.72. The summed E-state index contributed by atoms with van der Waals surface area (Å²) in [7, 11) is 1.68. The zero-order chi connectivity index (χ0) is 12.3. The number of methoxy groups -OCH3 is 1. The molecule has 4 nitrogen and oxygen atoms in total. The molecule has 2 unspecified atom stereocenters. The number of hydrogen-bond acceptors (Lipinski definition) is 3. The van der Waals surface area contributed by atoms with Crippen LogP contribution in [0.2, 0.25) is 0 Å². The fourth-order valence-electron chi connectivity index (χ4n) is 2.82. The second-order valence-electron chi connectivity index (χ2n) is 5.45. The van der Waals surface area contributed by atoms with Crippen LogP contribution in [-0.2, 0) is 9.53 Å². The van der Waals surface area contributed by atoms with Gasteiger partial charge in [0, 0.05) is 13.2 Å². The SMILES string of the molecule is CCC1CC1NC(=O)C1(COC)CCNCC1. The summed E-state index contributed by atoms with van der Waals surface area (Å²) in [6.07, 6.45) is 4.10. The molecule has 4 heteroatoms. The van der Waals surface area contributed by atoms with Gasteiger partial charge in [-0.25, -0.2) is 0 Å². The average molecular weight is 240 g/mol. The fraction of sp³-hybridized carbons (Fsp3) is 0.923. The minimum atomic E-state index is -0.291. The molecule has 1 saturated carbocycles. The van der Waals surface area contributed by atoms with Crippen molar-refractivity contribution in [3.63, 3.8) is 0 Å². The third kappa shape index (κ3) is 2.80. The van der Waals surface area contributed by atoms with E-state index in [1.165, 1.54) is 6.42 Å². The third-order valence-electron chi connectivity index (χ3n) is 4.23. The van der Waals surface area contributed by atoms with Gasteiger partial charge in [-0.15, -0.1) is 0 Å². The van der Waals surface area contributed by atoms with Gasteiger partial charge in [0.1, 0.15) is 0 Å². The van der Waals surface area contributed by atoms with E-state index in [9.17, 15) is 4.79 Å². The van der Waals surface area contributed by atoms with Crippen molar-refractivity contribution in [1.29, 1.82) is 0 Å². The van der Waals surface area contributed by atoms with Crippen LogP contribution < -0.4 is 10.6 Å². The highest BCUT2D eigenvalue weighted by Crippen LogP contribution is 2.36. The maximum atomic E-state index is 12.4. The molecule has 17 heavy (non-hydrogen) atoms. The van der Waals surface area contributed by atoms with Gasteiger partial charge in [0.05, 0.1) is 12.0 Å². The van der Waals surface area contributed by atoms with Crippen molar-refractivity contribution >= 4 is 5.91 Å². The molecular formula is C13H24N2O2. The lowest BCUT2D eigenvalue weighted by molar-refractivity contribution is -0.136. The van der Waals surface area contributed by atoms with Crippen LogP contribution in [0.3, 0.4) is 0 Å². The summed E-state index contributed by atoms with van der Waals surface area (Å²) in [5.74, 6) is 0.919. The Morgan fingerprint density at radius 2 is 2.18 bits per heavy atom. The van der Waals surface area contributed by atoms with Gasteiger partial charge in [0.25, 0.3) is 0 Å². The highest BCUT2D eigenvalue weighted by Gasteiger charge is 2.44. The van der Waals surface area contributed by atoms with Crippen molar-refractivity contribution in [3.05, 3.63) is 0 Å². The summed E-state index contributed by atoms with van der Waals surface area (Å²) in [5.41, 5.74) is -0.291. The number of amides is 1. The smallest absolute Gasteiger partial charge is 0.228 e. The lowest BCUT2D eigenvalue weighted by atomic mass is 9.78. The van der Waals surface area contributed by atoms with Crippen LogP contribution in [-0.4, -0.2) is 38.8 Å². The van der Waals surface area contributed by atoms with Gasteiger partial charge in [-0.3, -0.25) is 4.79 Å². The van der Waals surface area contributed by atoms with Gasteiger partial charge in [-0.1, -0.05) is 13.3 Å². The van der Waals surface area contributed by atoms with Gasteiger partial charge in [0.2, 0.25) is 5.91 Å². The molecule has 1 amide bonds. The normalized spacial score (nSPS) is 30.9. The van der Waals surface area contributed by atoms with Crippen LogP contribution in [0.15, 0.2) is 0 Å². The van der Waals surface area contributed by atoms with E-state index in [4.69, 9.17) is 4.74 Å². The van der Waals surface area contributed by atoms with E-state index < -0.39 is 0 Å². The third-order valence-corrected chi connectivity index (χ3v) is 4.23. The number of carbonyl (C=O) groups excluding carboxylic acids is 1. The zero-order valence-corrected chi connectivity index (χ0v) is 10.9. The van der Waals surface area contributed by atoms with E-state index in [1.54, 1.807) is 7.11 Å². The van der Waals surface area contributed by atoms with E-state index in [1.807, 2.05) is 0 Å². The van der Waals surface area contributed by atoms with Crippen molar-refractivity contribution in [2.24, 2.45) is 11.3 Å². The molecule has 1 saturated heterocycles. The van der Waals surface area contributed by atoms with Gasteiger partial charge in [0.15, 0.2) is 0 Å². The summed E-state index contributed by atoms with van der Waals surface area (Å²) >= 11 is 0. The van der Waals surface area contributed by atoms with E-state index in [0.29, 0.717) is 18.6 Å². The summed E-state index contributed by atoms with van der Waals surface area (Å²) in [6, 6.07) is 0.427. The van der Waals surface area contributed by atoms with Crippen molar-refractivity contribution in [1.82, 2.24) is 10.6 Å². The van der Waals surface area contributed by atoms with Crippen LogP contribution in [0, 0.1) is 11.3 Å². The molecule has 0 aromatic rings. The Kier molecular flexibility index (Phi) is 4.05. The second kappa shape index (κ2) is 5.36. The Morgan fingerprint density at radius 3 is 2.71 bits per heavy atom. The molecular weight excluding hydrogens is 216 g/mol. The number of piperidine rings is 1. The molecule has 2 aliphatic rings. The largest absolute Gasteiger partial charge is 0.384 e. The molecule has 1 heterocycles. The van der Waals surface area contributed by atoms with E-state index in [0.717, 1.165) is 32.4 Å². The average Bonchev–Trinajstić information content (AvgIpc) is 3.09. The molecule has 0 radical (unpaired) electrons. The Hall–Kier alpha value is -0.610. The Morgan fingerprint density at radius 1 is 1.47 bits per heavy atom. The van der Waals surface area contributed by atoms with E-state index >= 15 is 0 Å². The Balaban J connectivity index is 1.93. The van der Waals surface area contributed by atoms with Crippen molar-refractivity contribution in [2.45, 2.75) is 38.6 Å². The second-order valence-corrected chi connectivity index (χ2v) is 5.45. The highest BCUT2D eigenvalue weighted by atomic mass is 16.5. The lowest BCUT2D eigenvalue weighted by Crippen LogP contribution is -2.50. The van der Waals surface area contributed by atoms with Crippen molar-refractivity contribution in [2.75, 3.05) is 26.8 Å². The Bertz CT molecular complexity index is 269. The van der Waals surface area contributed by atoms with Crippen molar-refractivity contribution in [3.8, 4) is 0 Å². The first-order chi connectivity index (χ1) is 8.22. The van der Waals surface area contributed by atoms with Crippen LogP contribution in [0.25, 0.3) is 0 Å². The molecule has 98 valence electrons.